The van der Waals surface area contributed by atoms with Gasteiger partial charge >= 0.3 is 0 Å². The molecule has 17 heavy (non-hydrogen) atoms. The van der Waals surface area contributed by atoms with Gasteiger partial charge in [-0.25, -0.2) is 0 Å². The third kappa shape index (κ3) is 2.70. The molecule has 0 aromatic carbocycles. The fraction of sp³-hybridized carbons (Fsp3) is 0.667. The highest BCUT2D eigenvalue weighted by atomic mass is 79.9. The van der Waals surface area contributed by atoms with Gasteiger partial charge in [-0.3, -0.25) is 9.89 Å². The molecule has 0 aliphatic heterocycles. The van der Waals surface area contributed by atoms with Gasteiger partial charge in [0, 0.05) is 23.6 Å². The number of nitrogens with one attached hydrogen (secondary N) is 1. The van der Waals surface area contributed by atoms with Crippen LogP contribution in [0.2, 0.25) is 0 Å². The number of amides is 1. The van der Waals surface area contributed by atoms with Gasteiger partial charge in [-0.15, -0.1) is 0 Å². The van der Waals surface area contributed by atoms with Crippen LogP contribution in [-0.4, -0.2) is 38.9 Å². The van der Waals surface area contributed by atoms with Gasteiger partial charge in [-0.05, 0) is 19.8 Å². The molecule has 0 unspecified atom stereocenters. The van der Waals surface area contributed by atoms with E-state index in [0.29, 0.717) is 11.6 Å². The summed E-state index contributed by atoms with van der Waals surface area (Å²) in [5, 5.41) is 7.58. The molecule has 0 saturated heterocycles. The Morgan fingerprint density at radius 2 is 2.29 bits per heavy atom. The van der Waals surface area contributed by atoms with Crippen LogP contribution in [0.4, 0.5) is 0 Å². The standard InChI is InChI=1S/C12H18BrN3O/c1-9-11(8-14-15-9)12(17)16(7-6-13)10-4-2-3-5-10/h8,10H,2-7H2,1H3,(H,14,15). The first kappa shape index (κ1) is 12.6. The lowest BCUT2D eigenvalue weighted by atomic mass is 10.1. The number of alkyl halides is 1. The van der Waals surface area contributed by atoms with Crippen molar-refractivity contribution in [3.05, 3.63) is 17.5 Å². The first-order valence-electron chi connectivity index (χ1n) is 6.11. The Bertz CT molecular complexity index is 385. The van der Waals surface area contributed by atoms with Crippen molar-refractivity contribution in [2.24, 2.45) is 0 Å². The molecule has 2 rings (SSSR count). The highest BCUT2D eigenvalue weighted by molar-refractivity contribution is 9.09. The third-order valence-corrected chi connectivity index (χ3v) is 3.77. The third-order valence-electron chi connectivity index (χ3n) is 3.41. The van der Waals surface area contributed by atoms with Gasteiger partial charge in [0.2, 0.25) is 0 Å². The molecular weight excluding hydrogens is 282 g/mol. The topological polar surface area (TPSA) is 49.0 Å². The van der Waals surface area contributed by atoms with E-state index in [1.54, 1.807) is 6.20 Å². The molecule has 1 saturated carbocycles. The number of carbonyl (C=O) groups is 1. The number of nitrogens with zero attached hydrogens (tertiary/aromatic N) is 2. The summed E-state index contributed by atoms with van der Waals surface area (Å²) < 4.78 is 0. The zero-order valence-corrected chi connectivity index (χ0v) is 11.7. The molecule has 1 aliphatic rings. The first-order chi connectivity index (χ1) is 8.24. The number of aryl methyl sites for hydroxylation is 1. The average molecular weight is 300 g/mol. The van der Waals surface area contributed by atoms with E-state index in [9.17, 15) is 4.79 Å². The lowest BCUT2D eigenvalue weighted by Crippen LogP contribution is -2.40. The van der Waals surface area contributed by atoms with E-state index in [-0.39, 0.29) is 5.91 Å². The number of aromatic nitrogens is 2. The van der Waals surface area contributed by atoms with Crippen LogP contribution in [0, 0.1) is 6.92 Å². The van der Waals surface area contributed by atoms with E-state index in [2.05, 4.69) is 26.1 Å². The molecule has 5 heteroatoms. The van der Waals surface area contributed by atoms with E-state index in [4.69, 9.17) is 0 Å². The van der Waals surface area contributed by atoms with E-state index in [0.717, 1.165) is 30.4 Å². The van der Waals surface area contributed by atoms with E-state index in [1.807, 2.05) is 11.8 Å². The Morgan fingerprint density at radius 3 is 2.82 bits per heavy atom. The minimum atomic E-state index is 0.114. The quantitative estimate of drug-likeness (QED) is 0.869. The van der Waals surface area contributed by atoms with Gasteiger partial charge < -0.3 is 4.90 Å². The minimum absolute atomic E-state index is 0.114. The predicted molar refractivity (Wildman–Crippen MR) is 70.4 cm³/mol. The number of halogens is 1. The summed E-state index contributed by atoms with van der Waals surface area (Å²) in [6.45, 7) is 2.66. The van der Waals surface area contributed by atoms with Crippen molar-refractivity contribution in [3.8, 4) is 0 Å². The smallest absolute Gasteiger partial charge is 0.257 e. The Hall–Kier alpha value is -0.840. The Labute approximate surface area is 110 Å². The SMILES string of the molecule is Cc1[nH]ncc1C(=O)N(CCBr)C1CCCC1. The molecule has 0 spiro atoms. The number of aromatic amines is 1. The minimum Gasteiger partial charge on any atom is -0.335 e. The highest BCUT2D eigenvalue weighted by Gasteiger charge is 2.28. The first-order valence-corrected chi connectivity index (χ1v) is 7.23. The van der Waals surface area contributed by atoms with Crippen LogP contribution >= 0.6 is 15.9 Å². The Morgan fingerprint density at radius 1 is 1.59 bits per heavy atom. The maximum Gasteiger partial charge on any atom is 0.257 e. The Kier molecular flexibility index (Phi) is 4.20. The van der Waals surface area contributed by atoms with Crippen molar-refractivity contribution in [3.63, 3.8) is 0 Å². The summed E-state index contributed by atoms with van der Waals surface area (Å²) in [5.74, 6) is 0.114. The zero-order chi connectivity index (χ0) is 12.3. The fourth-order valence-corrected chi connectivity index (χ4v) is 2.86. The van der Waals surface area contributed by atoms with Crippen LogP contribution in [0.3, 0.4) is 0 Å². The van der Waals surface area contributed by atoms with Gasteiger partial charge in [0.1, 0.15) is 0 Å². The van der Waals surface area contributed by atoms with Crippen LogP contribution in [0.15, 0.2) is 6.20 Å². The van der Waals surface area contributed by atoms with Crippen molar-refractivity contribution in [1.82, 2.24) is 15.1 Å². The van der Waals surface area contributed by atoms with E-state index >= 15 is 0 Å². The molecule has 0 radical (unpaired) electrons. The molecule has 1 fully saturated rings. The number of hydrogen-bond donors (Lipinski definition) is 1. The maximum absolute atomic E-state index is 12.4. The summed E-state index contributed by atoms with van der Waals surface area (Å²) >= 11 is 3.43. The zero-order valence-electron chi connectivity index (χ0n) is 10.1. The summed E-state index contributed by atoms with van der Waals surface area (Å²) in [6.07, 6.45) is 6.38. The van der Waals surface area contributed by atoms with Gasteiger partial charge in [-0.1, -0.05) is 28.8 Å². The maximum atomic E-state index is 12.4. The number of carbonyl (C=O) groups excluding carboxylic acids is 1. The Balaban J connectivity index is 2.15. The molecule has 4 nitrogen and oxygen atoms in total. The van der Waals surface area contributed by atoms with Gasteiger partial charge in [0.15, 0.2) is 0 Å². The van der Waals surface area contributed by atoms with Gasteiger partial charge in [0.05, 0.1) is 11.8 Å². The second kappa shape index (κ2) is 5.67. The fourth-order valence-electron chi connectivity index (χ4n) is 2.48. The van der Waals surface area contributed by atoms with Crippen LogP contribution in [0.1, 0.15) is 41.7 Å². The molecule has 0 atom stereocenters. The van der Waals surface area contributed by atoms with Crippen LogP contribution in [0.25, 0.3) is 0 Å². The molecular formula is C12H18BrN3O. The molecule has 1 aliphatic carbocycles. The second-order valence-electron chi connectivity index (χ2n) is 4.53. The molecule has 1 aromatic rings. The molecule has 1 amide bonds. The van der Waals surface area contributed by atoms with Crippen LogP contribution < -0.4 is 0 Å². The molecule has 1 heterocycles. The highest BCUT2D eigenvalue weighted by Crippen LogP contribution is 2.25. The van der Waals surface area contributed by atoms with E-state index in [1.165, 1.54) is 12.8 Å². The summed E-state index contributed by atoms with van der Waals surface area (Å²) in [4.78, 5) is 14.4. The van der Waals surface area contributed by atoms with Crippen molar-refractivity contribution in [2.75, 3.05) is 11.9 Å². The summed E-state index contributed by atoms with van der Waals surface area (Å²) in [7, 11) is 0. The monoisotopic (exact) mass is 299 g/mol. The second-order valence-corrected chi connectivity index (χ2v) is 5.33. The van der Waals surface area contributed by atoms with Crippen LogP contribution in [-0.2, 0) is 0 Å². The van der Waals surface area contributed by atoms with Crippen molar-refractivity contribution in [2.45, 2.75) is 38.6 Å². The van der Waals surface area contributed by atoms with Gasteiger partial charge in [0.25, 0.3) is 5.91 Å². The van der Waals surface area contributed by atoms with Gasteiger partial charge in [-0.2, -0.15) is 5.10 Å². The van der Waals surface area contributed by atoms with Crippen molar-refractivity contribution in [1.29, 1.82) is 0 Å². The molecule has 0 bridgehead atoms. The molecule has 94 valence electrons. The normalized spacial score (nSPS) is 16.4. The van der Waals surface area contributed by atoms with Crippen molar-refractivity contribution < 1.29 is 4.79 Å². The number of rotatable bonds is 4. The number of H-pyrrole nitrogens is 1. The average Bonchev–Trinajstić information content (AvgIpc) is 2.95. The summed E-state index contributed by atoms with van der Waals surface area (Å²) in [5.41, 5.74) is 1.56. The molecule has 1 aromatic heterocycles. The largest absolute Gasteiger partial charge is 0.335 e. The van der Waals surface area contributed by atoms with Crippen molar-refractivity contribution >= 4 is 21.8 Å². The summed E-state index contributed by atoms with van der Waals surface area (Å²) in [6, 6.07) is 0.411. The lowest BCUT2D eigenvalue weighted by molar-refractivity contribution is 0.0695. The van der Waals surface area contributed by atoms with E-state index < -0.39 is 0 Å². The lowest BCUT2D eigenvalue weighted by Gasteiger charge is -2.28. The van der Waals surface area contributed by atoms with Crippen LogP contribution in [0.5, 0.6) is 0 Å². The number of hydrogen-bond acceptors (Lipinski definition) is 2. The molecule has 1 N–H and O–H groups in total. The predicted octanol–water partition coefficient (Wildman–Crippen LogP) is 2.50.